The third-order valence-electron chi connectivity index (χ3n) is 8.09. The number of amides is 1. The molecule has 212 valence electrons. The fourth-order valence-electron chi connectivity index (χ4n) is 5.91. The molecule has 3 aromatic heterocycles. The summed E-state index contributed by atoms with van der Waals surface area (Å²) in [6.45, 7) is 0. The normalized spacial score (nSPS) is 22.8. The van der Waals surface area contributed by atoms with Crippen molar-refractivity contribution >= 4 is 57.9 Å². The van der Waals surface area contributed by atoms with Crippen LogP contribution in [0, 0.1) is 17.2 Å². The Hall–Kier alpha value is -3.95. The Bertz CT molecular complexity index is 1580. The van der Waals surface area contributed by atoms with Crippen LogP contribution < -0.4 is 16.4 Å². The number of carbonyl (C=O) groups excluding carboxylic acids is 1. The number of carbonyl (C=O) groups is 1. The van der Waals surface area contributed by atoms with Gasteiger partial charge in [0.15, 0.2) is 12.0 Å². The van der Waals surface area contributed by atoms with Crippen molar-refractivity contribution in [3.63, 3.8) is 0 Å². The van der Waals surface area contributed by atoms with Crippen molar-refractivity contribution in [3.8, 4) is 6.07 Å². The first-order valence-electron chi connectivity index (χ1n) is 13.6. The second kappa shape index (κ2) is 11.5. The number of primary amides is 1. The van der Waals surface area contributed by atoms with Crippen molar-refractivity contribution in [1.29, 1.82) is 5.26 Å². The van der Waals surface area contributed by atoms with Gasteiger partial charge in [0.2, 0.25) is 23.7 Å². The smallest absolute Gasteiger partial charge is 0.229 e. The summed E-state index contributed by atoms with van der Waals surface area (Å²) in [4.78, 5) is 30.3. The number of halogens is 2. The Morgan fingerprint density at radius 1 is 1.05 bits per heavy atom. The maximum atomic E-state index is 11.8. The molecule has 0 bridgehead atoms. The van der Waals surface area contributed by atoms with Crippen molar-refractivity contribution in [2.45, 2.75) is 69.4 Å². The van der Waals surface area contributed by atoms with Gasteiger partial charge >= 0.3 is 0 Å². The average molecular weight is 595 g/mol. The Morgan fingerprint density at radius 3 is 2.41 bits per heavy atom. The molecule has 4 aromatic rings. The molecule has 3 heterocycles. The molecule has 4 N–H and O–H groups in total. The fourth-order valence-corrected chi connectivity index (χ4v) is 6.49. The second-order valence-electron chi connectivity index (χ2n) is 10.6. The summed E-state index contributed by atoms with van der Waals surface area (Å²) in [5.41, 5.74) is 7.66. The van der Waals surface area contributed by atoms with Gasteiger partial charge in [-0.15, -0.1) is 0 Å². The molecule has 0 saturated heterocycles. The monoisotopic (exact) mass is 594 g/mol. The van der Waals surface area contributed by atoms with Gasteiger partial charge in [0.25, 0.3) is 0 Å². The molecule has 0 unspecified atom stereocenters. The van der Waals surface area contributed by atoms with Crippen LogP contribution in [0.4, 0.5) is 17.6 Å². The van der Waals surface area contributed by atoms with Gasteiger partial charge in [-0.2, -0.15) is 15.2 Å². The SMILES string of the molecule is N#Cc1cc(Cl)c(Nc2nc3cnc(NC4CCC(c5ncno5)CC4)nc3n2[C@H]2CC[C@H](C(N)=O)CC2)c(Cl)c1. The molecule has 2 fully saturated rings. The number of aromatic nitrogens is 6. The van der Waals surface area contributed by atoms with Crippen LogP contribution in [0.3, 0.4) is 0 Å². The molecule has 2 aliphatic rings. The summed E-state index contributed by atoms with van der Waals surface area (Å²) in [5.74, 6) is 1.57. The van der Waals surface area contributed by atoms with Crippen LogP contribution in [-0.4, -0.2) is 41.6 Å². The minimum atomic E-state index is -0.268. The van der Waals surface area contributed by atoms with E-state index in [4.69, 9.17) is 43.4 Å². The number of imidazole rings is 1. The van der Waals surface area contributed by atoms with Gasteiger partial charge in [-0.25, -0.2) is 9.97 Å². The molecule has 0 atom stereocenters. The maximum absolute atomic E-state index is 11.8. The van der Waals surface area contributed by atoms with Gasteiger partial charge < -0.3 is 20.9 Å². The Balaban J connectivity index is 1.29. The topological polar surface area (TPSA) is 173 Å². The number of nitrogens with two attached hydrogens (primary N) is 1. The van der Waals surface area contributed by atoms with Crippen LogP contribution >= 0.6 is 23.2 Å². The lowest BCUT2D eigenvalue weighted by Gasteiger charge is -2.29. The number of benzene rings is 1. The lowest BCUT2D eigenvalue weighted by Crippen LogP contribution is -2.29. The predicted molar refractivity (Wildman–Crippen MR) is 153 cm³/mol. The van der Waals surface area contributed by atoms with Gasteiger partial charge in [-0.05, 0) is 63.5 Å². The minimum Gasteiger partial charge on any atom is -0.369 e. The Kier molecular flexibility index (Phi) is 7.64. The van der Waals surface area contributed by atoms with Crippen LogP contribution in [0.5, 0.6) is 0 Å². The lowest BCUT2D eigenvalue weighted by molar-refractivity contribution is -0.122. The molecule has 41 heavy (non-hydrogen) atoms. The highest BCUT2D eigenvalue weighted by Crippen LogP contribution is 2.40. The number of rotatable bonds is 7. The van der Waals surface area contributed by atoms with Gasteiger partial charge in [0, 0.05) is 23.9 Å². The highest BCUT2D eigenvalue weighted by molar-refractivity contribution is 6.39. The summed E-state index contributed by atoms with van der Waals surface area (Å²) in [6, 6.07) is 5.38. The van der Waals surface area contributed by atoms with Gasteiger partial charge in [-0.3, -0.25) is 9.36 Å². The van der Waals surface area contributed by atoms with E-state index >= 15 is 0 Å². The molecule has 14 heteroatoms. The Morgan fingerprint density at radius 2 is 1.78 bits per heavy atom. The highest BCUT2D eigenvalue weighted by Gasteiger charge is 2.30. The largest absolute Gasteiger partial charge is 0.369 e. The predicted octanol–water partition coefficient (Wildman–Crippen LogP) is 5.49. The number of fused-ring (bicyclic) bond motifs is 1. The molecule has 0 radical (unpaired) electrons. The van der Waals surface area contributed by atoms with E-state index < -0.39 is 0 Å². The number of nitrogens with zero attached hydrogens (tertiary/aromatic N) is 7. The van der Waals surface area contributed by atoms with Gasteiger partial charge in [-0.1, -0.05) is 28.4 Å². The molecule has 1 amide bonds. The van der Waals surface area contributed by atoms with E-state index in [1.165, 1.54) is 6.33 Å². The number of nitriles is 1. The zero-order chi connectivity index (χ0) is 28.5. The molecule has 1 aromatic carbocycles. The first-order chi connectivity index (χ1) is 19.9. The summed E-state index contributed by atoms with van der Waals surface area (Å²) in [6.07, 6.45) is 9.68. The summed E-state index contributed by atoms with van der Waals surface area (Å²) < 4.78 is 7.30. The van der Waals surface area contributed by atoms with Crippen molar-refractivity contribution in [1.82, 2.24) is 29.7 Å². The van der Waals surface area contributed by atoms with Crippen LogP contribution in [0.2, 0.25) is 10.0 Å². The van der Waals surface area contributed by atoms with E-state index in [1.807, 2.05) is 4.57 Å². The number of anilines is 3. The van der Waals surface area contributed by atoms with Crippen LogP contribution in [0.15, 0.2) is 29.2 Å². The van der Waals surface area contributed by atoms with Crippen molar-refractivity contribution in [2.24, 2.45) is 11.7 Å². The highest BCUT2D eigenvalue weighted by atomic mass is 35.5. The number of hydrogen-bond donors (Lipinski definition) is 3. The molecule has 2 aliphatic carbocycles. The van der Waals surface area contributed by atoms with Crippen LogP contribution in [0.1, 0.15) is 74.8 Å². The summed E-state index contributed by atoms with van der Waals surface area (Å²) >= 11 is 13.0. The summed E-state index contributed by atoms with van der Waals surface area (Å²) in [7, 11) is 0. The van der Waals surface area contributed by atoms with Crippen molar-refractivity contribution in [2.75, 3.05) is 10.6 Å². The van der Waals surface area contributed by atoms with Crippen molar-refractivity contribution in [3.05, 3.63) is 46.2 Å². The van der Waals surface area contributed by atoms with E-state index in [1.54, 1.807) is 18.3 Å². The van der Waals surface area contributed by atoms with Crippen LogP contribution in [0.25, 0.3) is 11.2 Å². The van der Waals surface area contributed by atoms with Crippen molar-refractivity contribution < 1.29 is 9.32 Å². The standard InChI is InChI=1S/C27H28Cl2N10O2/c28-19-9-14(11-30)10-20(29)22(19)37-27-36-21-12-32-26(35-17-5-1-16(2-6-17)25-33-13-34-41-25)38-24(21)39(27)18-7-3-15(4-8-18)23(31)40/h9-10,12-13,15-18H,1-8H2,(H2,31,40)(H,36,37)(H,32,35,38)/t15-,16?,17?,18-. The molecule has 2 saturated carbocycles. The molecule has 12 nitrogen and oxygen atoms in total. The van der Waals surface area contributed by atoms with E-state index in [9.17, 15) is 10.1 Å². The zero-order valence-corrected chi connectivity index (χ0v) is 23.6. The quantitative estimate of drug-likeness (QED) is 0.248. The fraction of sp³-hybridized carbons (Fsp3) is 0.444. The Labute approximate surface area is 245 Å². The molecule has 0 spiro atoms. The lowest BCUT2D eigenvalue weighted by atomic mass is 9.85. The number of nitrogens with one attached hydrogen (secondary N) is 2. The molecular formula is C27H28Cl2N10O2. The number of hydrogen-bond acceptors (Lipinski definition) is 10. The zero-order valence-electron chi connectivity index (χ0n) is 22.1. The third kappa shape index (κ3) is 5.64. The third-order valence-corrected chi connectivity index (χ3v) is 8.69. The first kappa shape index (κ1) is 27.2. The van der Waals surface area contributed by atoms with Gasteiger partial charge in [0.05, 0.1) is 33.6 Å². The minimum absolute atomic E-state index is 0.0154. The van der Waals surface area contributed by atoms with E-state index in [0.29, 0.717) is 63.1 Å². The maximum Gasteiger partial charge on any atom is 0.229 e. The average Bonchev–Trinajstić information content (AvgIpc) is 3.63. The molecule has 6 rings (SSSR count). The van der Waals surface area contributed by atoms with Gasteiger partial charge in [0.1, 0.15) is 5.52 Å². The molecule has 0 aliphatic heterocycles. The molecular weight excluding hydrogens is 567 g/mol. The van der Waals surface area contributed by atoms with E-state index in [-0.39, 0.29) is 29.8 Å². The van der Waals surface area contributed by atoms with Crippen LogP contribution in [-0.2, 0) is 4.79 Å². The summed E-state index contributed by atoms with van der Waals surface area (Å²) in [5, 5.41) is 20.4. The van der Waals surface area contributed by atoms with E-state index in [2.05, 4.69) is 31.8 Å². The first-order valence-corrected chi connectivity index (χ1v) is 14.4. The van der Waals surface area contributed by atoms with E-state index in [0.717, 1.165) is 38.5 Å². The second-order valence-corrected chi connectivity index (χ2v) is 11.5.